The van der Waals surface area contributed by atoms with Gasteiger partial charge < -0.3 is 19.2 Å². The number of aryl methyl sites for hydroxylation is 2. The number of carbonyl (C=O) groups is 2. The summed E-state index contributed by atoms with van der Waals surface area (Å²) in [6.07, 6.45) is 3.67. The van der Waals surface area contributed by atoms with E-state index in [2.05, 4.69) is 4.98 Å². The van der Waals surface area contributed by atoms with E-state index in [1.54, 1.807) is 47.0 Å². The number of nitrogens with zero attached hydrogens (tertiary/aromatic N) is 3. The van der Waals surface area contributed by atoms with Gasteiger partial charge in [0.05, 0.1) is 33.8 Å². The SMILES string of the molecule is C[C@@H](Cc1cccc(C2(C)CCCC(C)(C)CS(=O)(=O)CCc3c(c(F)cc4[nH]ccc34)Oc3ccc(F)c(c3)-c3nc2nn3C)c1)C(=O)OCOC(=O)C(C)(C)C. The van der Waals surface area contributed by atoms with Gasteiger partial charge in [-0.05, 0) is 94.2 Å². The minimum atomic E-state index is -3.63. The van der Waals surface area contributed by atoms with Crippen molar-refractivity contribution in [2.24, 2.45) is 23.8 Å². The van der Waals surface area contributed by atoms with Crippen molar-refractivity contribution in [1.29, 1.82) is 0 Å². The molecule has 6 rings (SSSR count). The molecule has 0 aliphatic carbocycles. The standard InChI is InChI=1S/C44H52F2N4O7S/c1-27(39(51)55-26-56-41(52)42(2,3)4)21-28-11-9-12-29(22-28)44(7)18-10-17-43(5,6)25-58(53,54)20-16-32-31-15-19-47-36(31)24-35(46)37(32)57-30-13-14-34(45)33(23-30)38-48-40(44)49-50(38)8/h9,11-15,19,22-24,27,47H,10,16-18,20-21,25-26H2,1-8H3/t27-,44?/m0/s1. The Kier molecular flexibility index (Phi) is 11.9. The lowest BCUT2D eigenvalue weighted by Gasteiger charge is -2.31. The lowest BCUT2D eigenvalue weighted by Crippen LogP contribution is -2.29. The third-order valence-electron chi connectivity index (χ3n) is 10.8. The molecule has 3 aromatic carbocycles. The van der Waals surface area contributed by atoms with Crippen molar-refractivity contribution in [1.82, 2.24) is 19.7 Å². The van der Waals surface area contributed by atoms with Crippen LogP contribution in [-0.4, -0.2) is 58.4 Å². The quantitative estimate of drug-likeness (QED) is 0.131. The van der Waals surface area contributed by atoms with Gasteiger partial charge in [-0.2, -0.15) is 5.10 Å². The first-order chi connectivity index (χ1) is 27.2. The van der Waals surface area contributed by atoms with Crippen LogP contribution in [0.4, 0.5) is 8.78 Å². The lowest BCUT2D eigenvalue weighted by atomic mass is 9.75. The summed E-state index contributed by atoms with van der Waals surface area (Å²) in [6.45, 7) is 12.3. The number of ether oxygens (including phenoxy) is 3. The maximum atomic E-state index is 15.8. The van der Waals surface area contributed by atoms with Crippen molar-refractivity contribution in [2.45, 2.75) is 86.0 Å². The molecule has 14 heteroatoms. The monoisotopic (exact) mass is 818 g/mol. The number of hydrogen-bond acceptors (Lipinski definition) is 9. The molecule has 0 saturated carbocycles. The van der Waals surface area contributed by atoms with E-state index in [0.717, 1.165) is 11.1 Å². The number of halogens is 2. The number of aromatic nitrogens is 4. The summed E-state index contributed by atoms with van der Waals surface area (Å²) in [5.74, 6) is -2.46. The van der Waals surface area contributed by atoms with Crippen molar-refractivity contribution >= 4 is 32.7 Å². The maximum absolute atomic E-state index is 15.8. The Morgan fingerprint density at radius 1 is 1.02 bits per heavy atom. The summed E-state index contributed by atoms with van der Waals surface area (Å²) in [7, 11) is -1.95. The van der Waals surface area contributed by atoms with E-state index in [1.807, 2.05) is 45.0 Å². The Morgan fingerprint density at radius 3 is 2.52 bits per heavy atom. The van der Waals surface area contributed by atoms with Gasteiger partial charge in [0.1, 0.15) is 11.6 Å². The molecule has 0 amide bonds. The Hall–Kier alpha value is -5.11. The van der Waals surface area contributed by atoms with Crippen LogP contribution in [0.3, 0.4) is 0 Å². The van der Waals surface area contributed by atoms with Crippen LogP contribution in [0.25, 0.3) is 22.3 Å². The minimum absolute atomic E-state index is 0.00988. The number of fused-ring (bicyclic) bond motifs is 8. The van der Waals surface area contributed by atoms with Crippen LogP contribution in [0.15, 0.2) is 60.8 Å². The molecule has 0 radical (unpaired) electrons. The molecule has 1 unspecified atom stereocenters. The molecular weight excluding hydrogens is 767 g/mol. The summed E-state index contributed by atoms with van der Waals surface area (Å²) in [5, 5.41) is 5.47. The highest BCUT2D eigenvalue weighted by Gasteiger charge is 2.36. The predicted molar refractivity (Wildman–Crippen MR) is 217 cm³/mol. The Morgan fingerprint density at radius 2 is 1.78 bits per heavy atom. The molecule has 3 heterocycles. The molecule has 1 N–H and O–H groups in total. The van der Waals surface area contributed by atoms with Crippen molar-refractivity contribution in [3.05, 3.63) is 94.9 Å². The summed E-state index contributed by atoms with van der Waals surface area (Å²) < 4.78 is 77.0. The molecule has 11 nitrogen and oxygen atoms in total. The molecule has 0 spiro atoms. The molecule has 0 fully saturated rings. The van der Waals surface area contributed by atoms with Crippen LogP contribution in [-0.2, 0) is 54.2 Å². The van der Waals surface area contributed by atoms with Gasteiger partial charge in [-0.25, -0.2) is 26.9 Å². The predicted octanol–water partition coefficient (Wildman–Crippen LogP) is 8.78. The van der Waals surface area contributed by atoms with Crippen LogP contribution in [0, 0.1) is 28.4 Å². The number of hydrogen-bond donors (Lipinski definition) is 1. The number of sulfone groups is 1. The zero-order valence-electron chi connectivity index (χ0n) is 34.4. The fraction of sp³-hybridized carbons (Fsp3) is 0.455. The first-order valence-electron chi connectivity index (χ1n) is 19.5. The third kappa shape index (κ3) is 9.43. The van der Waals surface area contributed by atoms with Gasteiger partial charge in [-0.3, -0.25) is 9.59 Å². The van der Waals surface area contributed by atoms with Crippen LogP contribution >= 0.6 is 0 Å². The lowest BCUT2D eigenvalue weighted by molar-refractivity contribution is -0.175. The van der Waals surface area contributed by atoms with E-state index in [1.165, 1.54) is 28.9 Å². The molecule has 1 aliphatic heterocycles. The minimum Gasteiger partial charge on any atom is -0.454 e. The van der Waals surface area contributed by atoms with E-state index in [9.17, 15) is 18.0 Å². The molecule has 58 heavy (non-hydrogen) atoms. The summed E-state index contributed by atoms with van der Waals surface area (Å²) in [5.41, 5.74) is 0.503. The number of benzene rings is 3. The van der Waals surface area contributed by atoms with Crippen LogP contribution in [0.1, 0.15) is 90.2 Å². The highest BCUT2D eigenvalue weighted by atomic mass is 32.2. The Balaban J connectivity index is 1.37. The summed E-state index contributed by atoms with van der Waals surface area (Å²) >= 11 is 0. The molecule has 310 valence electrons. The van der Waals surface area contributed by atoms with Crippen molar-refractivity contribution in [2.75, 3.05) is 18.3 Å². The van der Waals surface area contributed by atoms with E-state index in [4.69, 9.17) is 24.3 Å². The first-order valence-corrected chi connectivity index (χ1v) is 21.3. The summed E-state index contributed by atoms with van der Waals surface area (Å²) in [6, 6.07) is 14.9. The van der Waals surface area contributed by atoms with Crippen LogP contribution in [0.2, 0.25) is 0 Å². The number of rotatable bonds is 6. The fourth-order valence-electron chi connectivity index (χ4n) is 7.57. The van der Waals surface area contributed by atoms with Gasteiger partial charge in [0.15, 0.2) is 33.1 Å². The average molecular weight is 819 g/mol. The zero-order chi connectivity index (χ0) is 42.2. The van der Waals surface area contributed by atoms with Gasteiger partial charge in [-0.1, -0.05) is 51.5 Å². The average Bonchev–Trinajstić information content (AvgIpc) is 3.77. The third-order valence-corrected chi connectivity index (χ3v) is 12.9. The van der Waals surface area contributed by atoms with E-state index in [-0.39, 0.29) is 40.8 Å². The fourth-order valence-corrected chi connectivity index (χ4v) is 9.57. The van der Waals surface area contributed by atoms with Crippen molar-refractivity contribution in [3.63, 3.8) is 0 Å². The zero-order valence-corrected chi connectivity index (χ0v) is 35.2. The highest BCUT2D eigenvalue weighted by Crippen LogP contribution is 2.41. The van der Waals surface area contributed by atoms with E-state index >= 15 is 8.78 Å². The molecular formula is C44H52F2N4O7S. The van der Waals surface area contributed by atoms with E-state index in [0.29, 0.717) is 48.0 Å². The van der Waals surface area contributed by atoms with Crippen molar-refractivity contribution in [3.8, 4) is 22.9 Å². The smallest absolute Gasteiger partial charge is 0.314 e. The van der Waals surface area contributed by atoms with Gasteiger partial charge in [-0.15, -0.1) is 0 Å². The molecule has 1 aliphatic rings. The van der Waals surface area contributed by atoms with E-state index < -0.39 is 62.4 Å². The number of carbonyl (C=O) groups excluding carboxylic acids is 2. The highest BCUT2D eigenvalue weighted by molar-refractivity contribution is 7.91. The second-order valence-electron chi connectivity index (χ2n) is 17.5. The van der Waals surface area contributed by atoms with Crippen LogP contribution in [0.5, 0.6) is 11.5 Å². The number of nitrogens with one attached hydrogen (secondary N) is 1. The second kappa shape index (κ2) is 16.3. The van der Waals surface area contributed by atoms with Crippen molar-refractivity contribution < 1.29 is 41.0 Å². The maximum Gasteiger partial charge on any atom is 0.314 e. The van der Waals surface area contributed by atoms with Gasteiger partial charge in [0.25, 0.3) is 0 Å². The van der Waals surface area contributed by atoms with Gasteiger partial charge in [0.2, 0.25) is 6.79 Å². The molecule has 5 aromatic rings. The molecule has 4 bridgehead atoms. The molecule has 0 saturated heterocycles. The Bertz CT molecular complexity index is 2450. The molecule has 2 aromatic heterocycles. The summed E-state index contributed by atoms with van der Waals surface area (Å²) in [4.78, 5) is 32.9. The normalized spacial score (nSPS) is 18.9. The second-order valence-corrected chi connectivity index (χ2v) is 19.7. The first kappa shape index (κ1) is 42.5. The number of aromatic amines is 1. The topological polar surface area (TPSA) is 142 Å². The molecule has 2 atom stereocenters. The van der Waals surface area contributed by atoms with Gasteiger partial charge in [0, 0.05) is 35.8 Å². The largest absolute Gasteiger partial charge is 0.454 e. The van der Waals surface area contributed by atoms with Gasteiger partial charge >= 0.3 is 11.9 Å². The van der Waals surface area contributed by atoms with Crippen LogP contribution < -0.4 is 4.74 Å². The Labute approximate surface area is 338 Å². The number of H-pyrrole nitrogens is 1. The number of esters is 2.